The maximum atomic E-state index is 13.2. The Labute approximate surface area is 95.1 Å². The zero-order valence-electron chi connectivity index (χ0n) is 9.66. The predicted octanol–water partition coefficient (Wildman–Crippen LogP) is 2.99. The Hall–Kier alpha value is -1.38. The van der Waals surface area contributed by atoms with Gasteiger partial charge in [-0.1, -0.05) is 24.3 Å². The number of aryl methyl sites for hydroxylation is 1. The maximum absolute atomic E-state index is 13.2. The highest BCUT2D eigenvalue weighted by Crippen LogP contribution is 2.17. The standard InChI is InChI=1S/C13H17FO2/c1-13(2,14)8-7-10-3-5-11(6-4-10)9-12(15)16/h3-6H,7-9H2,1-2H3,(H,15,16). The van der Waals surface area contributed by atoms with Crippen molar-refractivity contribution in [1.29, 1.82) is 0 Å². The van der Waals surface area contributed by atoms with Crippen LogP contribution in [0.15, 0.2) is 24.3 Å². The van der Waals surface area contributed by atoms with Crippen LogP contribution in [0.25, 0.3) is 0 Å². The van der Waals surface area contributed by atoms with E-state index in [1.807, 2.05) is 12.1 Å². The Kier molecular flexibility index (Phi) is 4.05. The van der Waals surface area contributed by atoms with Gasteiger partial charge < -0.3 is 5.11 Å². The van der Waals surface area contributed by atoms with E-state index in [9.17, 15) is 9.18 Å². The number of hydrogen-bond donors (Lipinski definition) is 1. The average Bonchev–Trinajstić information content (AvgIpc) is 2.14. The van der Waals surface area contributed by atoms with Gasteiger partial charge in [0.15, 0.2) is 0 Å². The molecule has 0 bridgehead atoms. The molecule has 0 saturated carbocycles. The van der Waals surface area contributed by atoms with E-state index < -0.39 is 11.6 Å². The van der Waals surface area contributed by atoms with Crippen LogP contribution in [0.1, 0.15) is 31.4 Å². The molecule has 0 fully saturated rings. The van der Waals surface area contributed by atoms with Crippen LogP contribution in [0.5, 0.6) is 0 Å². The Balaban J connectivity index is 2.55. The highest BCUT2D eigenvalue weighted by molar-refractivity contribution is 5.70. The van der Waals surface area contributed by atoms with E-state index in [0.717, 1.165) is 11.1 Å². The van der Waals surface area contributed by atoms with E-state index in [1.165, 1.54) is 0 Å². The van der Waals surface area contributed by atoms with Crippen molar-refractivity contribution in [3.63, 3.8) is 0 Å². The number of halogens is 1. The number of rotatable bonds is 5. The van der Waals surface area contributed by atoms with Gasteiger partial charge in [0.05, 0.1) is 6.42 Å². The summed E-state index contributed by atoms with van der Waals surface area (Å²) in [5, 5.41) is 8.60. The molecule has 0 aliphatic carbocycles. The smallest absolute Gasteiger partial charge is 0.307 e. The fourth-order valence-corrected chi connectivity index (χ4v) is 1.44. The second-order valence-corrected chi connectivity index (χ2v) is 4.61. The molecule has 0 amide bonds. The lowest BCUT2D eigenvalue weighted by Gasteiger charge is -2.13. The fourth-order valence-electron chi connectivity index (χ4n) is 1.44. The quantitative estimate of drug-likeness (QED) is 0.834. The molecule has 0 radical (unpaired) electrons. The minimum atomic E-state index is -1.15. The molecule has 0 saturated heterocycles. The molecule has 0 atom stereocenters. The monoisotopic (exact) mass is 224 g/mol. The summed E-state index contributed by atoms with van der Waals surface area (Å²) in [5.41, 5.74) is 0.662. The van der Waals surface area contributed by atoms with Gasteiger partial charge in [-0.15, -0.1) is 0 Å². The van der Waals surface area contributed by atoms with E-state index in [0.29, 0.717) is 12.8 Å². The molecule has 0 aliphatic rings. The van der Waals surface area contributed by atoms with Crippen molar-refractivity contribution in [2.75, 3.05) is 0 Å². The van der Waals surface area contributed by atoms with Crippen LogP contribution in [-0.2, 0) is 17.6 Å². The van der Waals surface area contributed by atoms with E-state index >= 15 is 0 Å². The molecule has 3 heteroatoms. The summed E-state index contributed by atoms with van der Waals surface area (Å²) < 4.78 is 13.2. The maximum Gasteiger partial charge on any atom is 0.307 e. The topological polar surface area (TPSA) is 37.3 Å². The number of carboxylic acids is 1. The molecule has 2 nitrogen and oxygen atoms in total. The van der Waals surface area contributed by atoms with Crippen LogP contribution in [0.2, 0.25) is 0 Å². The number of aliphatic carboxylic acids is 1. The van der Waals surface area contributed by atoms with E-state index in [1.54, 1.807) is 26.0 Å². The van der Waals surface area contributed by atoms with Gasteiger partial charge in [-0.05, 0) is 37.8 Å². The predicted molar refractivity (Wildman–Crippen MR) is 61.3 cm³/mol. The Morgan fingerprint density at radius 2 is 1.75 bits per heavy atom. The third-order valence-electron chi connectivity index (χ3n) is 2.39. The first-order valence-electron chi connectivity index (χ1n) is 5.35. The molecule has 88 valence electrons. The van der Waals surface area contributed by atoms with Gasteiger partial charge in [0.2, 0.25) is 0 Å². The summed E-state index contributed by atoms with van der Waals surface area (Å²) >= 11 is 0. The lowest BCUT2D eigenvalue weighted by atomic mass is 9.99. The second-order valence-electron chi connectivity index (χ2n) is 4.61. The molecule has 0 heterocycles. The molecule has 1 aromatic carbocycles. The minimum absolute atomic E-state index is 0.0366. The molecule has 16 heavy (non-hydrogen) atoms. The van der Waals surface area contributed by atoms with E-state index in [2.05, 4.69) is 0 Å². The lowest BCUT2D eigenvalue weighted by molar-refractivity contribution is -0.136. The van der Waals surface area contributed by atoms with Crippen molar-refractivity contribution >= 4 is 5.97 Å². The molecule has 1 aromatic rings. The molecule has 0 aromatic heterocycles. The van der Waals surface area contributed by atoms with Gasteiger partial charge in [-0.3, -0.25) is 4.79 Å². The third kappa shape index (κ3) is 4.91. The van der Waals surface area contributed by atoms with Crippen molar-refractivity contribution in [3.05, 3.63) is 35.4 Å². The fraction of sp³-hybridized carbons (Fsp3) is 0.462. The summed E-state index contributed by atoms with van der Waals surface area (Å²) in [6, 6.07) is 7.30. The van der Waals surface area contributed by atoms with Crippen molar-refractivity contribution in [1.82, 2.24) is 0 Å². The summed E-state index contributed by atoms with van der Waals surface area (Å²) in [5.74, 6) is -0.836. The molecular weight excluding hydrogens is 207 g/mol. The van der Waals surface area contributed by atoms with Crippen LogP contribution in [0, 0.1) is 0 Å². The zero-order valence-corrected chi connectivity index (χ0v) is 9.66. The first-order valence-corrected chi connectivity index (χ1v) is 5.35. The minimum Gasteiger partial charge on any atom is -0.481 e. The first-order chi connectivity index (χ1) is 7.37. The Bertz CT molecular complexity index is 349. The average molecular weight is 224 g/mol. The third-order valence-corrected chi connectivity index (χ3v) is 2.39. The Morgan fingerprint density at radius 3 is 2.19 bits per heavy atom. The zero-order chi connectivity index (χ0) is 12.2. The SMILES string of the molecule is CC(C)(F)CCc1ccc(CC(=O)O)cc1. The summed E-state index contributed by atoms with van der Waals surface area (Å²) in [4.78, 5) is 10.5. The molecule has 0 spiro atoms. The van der Waals surface area contributed by atoms with E-state index in [-0.39, 0.29) is 6.42 Å². The van der Waals surface area contributed by atoms with Crippen LogP contribution in [0.4, 0.5) is 4.39 Å². The highest BCUT2D eigenvalue weighted by atomic mass is 19.1. The van der Waals surface area contributed by atoms with Crippen molar-refractivity contribution < 1.29 is 14.3 Å². The highest BCUT2D eigenvalue weighted by Gasteiger charge is 2.14. The molecule has 0 unspecified atom stereocenters. The van der Waals surface area contributed by atoms with Gasteiger partial charge >= 0.3 is 5.97 Å². The number of hydrogen-bond acceptors (Lipinski definition) is 1. The number of benzene rings is 1. The lowest BCUT2D eigenvalue weighted by Crippen LogP contribution is -2.12. The largest absolute Gasteiger partial charge is 0.481 e. The number of alkyl halides is 1. The number of carboxylic acid groups (broad SMARTS) is 1. The second kappa shape index (κ2) is 5.10. The first kappa shape index (κ1) is 12.7. The number of carbonyl (C=O) groups is 1. The summed E-state index contributed by atoms with van der Waals surface area (Å²) in [6.07, 6.45) is 1.19. The normalized spacial score (nSPS) is 11.4. The van der Waals surface area contributed by atoms with Crippen LogP contribution in [-0.4, -0.2) is 16.7 Å². The summed E-state index contributed by atoms with van der Waals surface area (Å²) in [7, 11) is 0. The van der Waals surface area contributed by atoms with Crippen molar-refractivity contribution in [2.45, 2.75) is 38.8 Å². The van der Waals surface area contributed by atoms with Crippen LogP contribution in [0.3, 0.4) is 0 Å². The molecule has 1 N–H and O–H groups in total. The summed E-state index contributed by atoms with van der Waals surface area (Å²) in [6.45, 7) is 3.12. The molecular formula is C13H17FO2. The van der Waals surface area contributed by atoms with Crippen molar-refractivity contribution in [2.24, 2.45) is 0 Å². The van der Waals surface area contributed by atoms with Gasteiger partial charge in [0.1, 0.15) is 5.67 Å². The van der Waals surface area contributed by atoms with Crippen molar-refractivity contribution in [3.8, 4) is 0 Å². The van der Waals surface area contributed by atoms with Gasteiger partial charge in [-0.2, -0.15) is 0 Å². The van der Waals surface area contributed by atoms with Gasteiger partial charge in [-0.25, -0.2) is 4.39 Å². The van der Waals surface area contributed by atoms with Crippen LogP contribution >= 0.6 is 0 Å². The van der Waals surface area contributed by atoms with Gasteiger partial charge in [0.25, 0.3) is 0 Å². The van der Waals surface area contributed by atoms with Gasteiger partial charge in [0, 0.05) is 0 Å². The van der Waals surface area contributed by atoms with E-state index in [4.69, 9.17) is 5.11 Å². The molecule has 0 aliphatic heterocycles. The van der Waals surface area contributed by atoms with Crippen LogP contribution < -0.4 is 0 Å². The Morgan fingerprint density at radius 1 is 1.25 bits per heavy atom. The molecule has 1 rings (SSSR count).